The molecule has 9 N–H and O–H groups in total. The maximum absolute atomic E-state index is 12.9. The minimum atomic E-state index is -1.04. The minimum Gasteiger partial charge on any atom is -0.481 e. The Morgan fingerprint density at radius 2 is 1.59 bits per heavy atom. The third-order valence-corrected chi connectivity index (χ3v) is 5.80. The second-order valence-electron chi connectivity index (χ2n) is 10.0. The normalized spacial score (nSPS) is 11.4. The number of nitrogens with two attached hydrogens (primary N) is 2. The Hall–Kier alpha value is -5.74. The number of anilines is 1. The van der Waals surface area contributed by atoms with Gasteiger partial charge < -0.3 is 42.6 Å². The molecule has 0 saturated carbocycles. The fourth-order valence-electron chi connectivity index (χ4n) is 3.62. The van der Waals surface area contributed by atoms with E-state index in [1.54, 1.807) is 38.1 Å². The summed E-state index contributed by atoms with van der Waals surface area (Å²) in [6.07, 6.45) is -0.299. The topological polar surface area (TPSA) is 270 Å². The number of guanidine groups is 1. The van der Waals surface area contributed by atoms with Gasteiger partial charge in [-0.3, -0.25) is 34.3 Å². The van der Waals surface area contributed by atoms with Crippen LogP contribution in [0, 0.1) is 16.0 Å². The monoisotopic (exact) mass is 644 g/mol. The molecule has 0 spiro atoms. The first kappa shape index (κ1) is 38.3. The van der Waals surface area contributed by atoms with Crippen LogP contribution in [0.25, 0.3) is 0 Å². The quantitative estimate of drug-likeness (QED) is 0.0476. The van der Waals surface area contributed by atoms with Gasteiger partial charge in [0.15, 0.2) is 5.96 Å². The predicted octanol–water partition coefficient (Wildman–Crippen LogP) is 1.23. The Morgan fingerprint density at radius 3 is 2.13 bits per heavy atom. The first-order valence-corrected chi connectivity index (χ1v) is 14.0. The number of carboxylic acid groups (broad SMARTS) is 1. The van der Waals surface area contributed by atoms with Crippen molar-refractivity contribution in [3.8, 4) is 0 Å². The highest BCUT2D eigenvalue weighted by molar-refractivity contribution is 5.98. The number of ether oxygens (including phenoxy) is 1. The number of carbonyl (C=O) groups is 5. The van der Waals surface area contributed by atoms with E-state index in [2.05, 4.69) is 26.3 Å². The van der Waals surface area contributed by atoms with Crippen molar-refractivity contribution in [1.82, 2.24) is 16.0 Å². The number of amides is 4. The summed E-state index contributed by atoms with van der Waals surface area (Å²) in [5.41, 5.74) is 11.6. The SMILES string of the molecule is CC(=O)O.CC(C)[C@H](NC(=O)OCc1ccccc1)C(=O)NCC(=O)N[C@@H](CCCN=C(N)N)C(=O)Nc1ccc([N+](=O)[O-])cc1. The van der Waals surface area contributed by atoms with Crippen LogP contribution in [0.1, 0.15) is 39.2 Å². The lowest BCUT2D eigenvalue weighted by Gasteiger charge is -2.22. The molecule has 2 rings (SSSR count). The number of alkyl carbamates (subject to hydrolysis) is 1. The molecule has 0 aliphatic carbocycles. The Labute approximate surface area is 265 Å². The summed E-state index contributed by atoms with van der Waals surface area (Å²) in [5.74, 6) is -3.14. The van der Waals surface area contributed by atoms with Crippen molar-refractivity contribution in [2.45, 2.75) is 52.3 Å². The molecule has 0 radical (unpaired) electrons. The van der Waals surface area contributed by atoms with Gasteiger partial charge in [0.25, 0.3) is 11.7 Å². The Kier molecular flexibility index (Phi) is 16.9. The number of nitro benzene ring substituents is 1. The molecule has 0 aliphatic rings. The number of non-ortho nitro benzene ring substituents is 1. The zero-order valence-corrected chi connectivity index (χ0v) is 25.7. The zero-order valence-electron chi connectivity index (χ0n) is 25.7. The molecule has 17 heteroatoms. The highest BCUT2D eigenvalue weighted by atomic mass is 16.6. The fraction of sp³-hybridized carbons (Fsp3) is 0.379. The van der Waals surface area contributed by atoms with Crippen LogP contribution >= 0.6 is 0 Å². The summed E-state index contributed by atoms with van der Waals surface area (Å²) >= 11 is 0. The van der Waals surface area contributed by atoms with E-state index in [9.17, 15) is 29.3 Å². The summed E-state index contributed by atoms with van der Waals surface area (Å²) in [4.78, 5) is 73.8. The number of nitro groups is 1. The molecule has 4 amide bonds. The van der Waals surface area contributed by atoms with Gasteiger partial charge in [0.05, 0.1) is 11.5 Å². The molecule has 0 aliphatic heterocycles. The number of aliphatic imine (C=N–C) groups is 1. The minimum absolute atomic E-state index is 0.0218. The summed E-state index contributed by atoms with van der Waals surface area (Å²) in [5, 5.41) is 28.4. The molecule has 0 bridgehead atoms. The molecule has 2 aromatic carbocycles. The third-order valence-electron chi connectivity index (χ3n) is 5.80. The van der Waals surface area contributed by atoms with E-state index >= 15 is 0 Å². The van der Waals surface area contributed by atoms with E-state index < -0.39 is 53.3 Å². The lowest BCUT2D eigenvalue weighted by molar-refractivity contribution is -0.384. The molecule has 17 nitrogen and oxygen atoms in total. The van der Waals surface area contributed by atoms with Crippen molar-refractivity contribution in [3.05, 3.63) is 70.3 Å². The maximum Gasteiger partial charge on any atom is 0.408 e. The first-order valence-electron chi connectivity index (χ1n) is 14.0. The molecule has 0 saturated heterocycles. The van der Waals surface area contributed by atoms with Crippen molar-refractivity contribution in [3.63, 3.8) is 0 Å². The average Bonchev–Trinajstić information content (AvgIpc) is 2.99. The van der Waals surface area contributed by atoms with Gasteiger partial charge in [0, 0.05) is 31.3 Å². The van der Waals surface area contributed by atoms with Crippen molar-refractivity contribution in [2.24, 2.45) is 22.4 Å². The van der Waals surface area contributed by atoms with Crippen molar-refractivity contribution >= 4 is 47.1 Å². The number of carbonyl (C=O) groups excluding carboxylic acids is 4. The Balaban J connectivity index is 0.00000249. The van der Waals surface area contributed by atoms with Crippen LogP contribution in [0.3, 0.4) is 0 Å². The van der Waals surface area contributed by atoms with Gasteiger partial charge in [-0.25, -0.2) is 4.79 Å². The molecule has 2 aromatic rings. The molecular formula is C29H40N8O9. The van der Waals surface area contributed by atoms with E-state index in [4.69, 9.17) is 26.1 Å². The van der Waals surface area contributed by atoms with Gasteiger partial charge in [0.1, 0.15) is 18.7 Å². The van der Waals surface area contributed by atoms with Crippen LogP contribution in [0.15, 0.2) is 59.6 Å². The molecule has 0 heterocycles. The van der Waals surface area contributed by atoms with E-state index in [1.807, 2.05) is 6.07 Å². The van der Waals surface area contributed by atoms with Crippen LogP contribution < -0.4 is 32.7 Å². The zero-order chi connectivity index (χ0) is 34.6. The largest absolute Gasteiger partial charge is 0.481 e. The summed E-state index contributed by atoms with van der Waals surface area (Å²) in [6, 6.07) is 12.2. The highest BCUT2D eigenvalue weighted by Crippen LogP contribution is 2.16. The second-order valence-corrected chi connectivity index (χ2v) is 10.0. The van der Waals surface area contributed by atoms with E-state index in [-0.39, 0.29) is 42.8 Å². The number of benzene rings is 2. The standard InChI is InChI=1S/C27H36N8O7.C2H4O2/c1-17(2)23(34-27(39)42-16-18-7-4-3-5-8-18)25(38)31-15-22(36)33-21(9-6-14-30-26(28)29)24(37)32-19-10-12-20(13-11-19)35(40)41;1-2(3)4/h3-5,7-8,10-13,17,21,23H,6,9,14-16H2,1-2H3,(H,31,38)(H,32,37)(H,33,36)(H,34,39)(H4,28,29,30);1H3,(H,3,4)/t21-,23-;/m0./s1. The first-order chi connectivity index (χ1) is 21.7. The number of hydrogen-bond donors (Lipinski definition) is 7. The predicted molar refractivity (Wildman–Crippen MR) is 168 cm³/mol. The van der Waals surface area contributed by atoms with Crippen molar-refractivity contribution in [2.75, 3.05) is 18.4 Å². The van der Waals surface area contributed by atoms with Crippen LogP contribution in [-0.2, 0) is 30.5 Å². The van der Waals surface area contributed by atoms with Gasteiger partial charge in [0.2, 0.25) is 17.7 Å². The number of aliphatic carboxylic acids is 1. The van der Waals surface area contributed by atoms with Crippen molar-refractivity contribution < 1.29 is 38.7 Å². The Morgan fingerprint density at radius 1 is 0.978 bits per heavy atom. The van der Waals surface area contributed by atoms with E-state index in [0.29, 0.717) is 6.42 Å². The summed E-state index contributed by atoms with van der Waals surface area (Å²) < 4.78 is 5.18. The summed E-state index contributed by atoms with van der Waals surface area (Å²) in [7, 11) is 0. The summed E-state index contributed by atoms with van der Waals surface area (Å²) in [6.45, 7) is 4.28. The highest BCUT2D eigenvalue weighted by Gasteiger charge is 2.26. The number of rotatable bonds is 15. The average molecular weight is 645 g/mol. The van der Waals surface area contributed by atoms with Gasteiger partial charge in [-0.1, -0.05) is 44.2 Å². The smallest absolute Gasteiger partial charge is 0.408 e. The van der Waals surface area contributed by atoms with Gasteiger partial charge in [-0.15, -0.1) is 0 Å². The van der Waals surface area contributed by atoms with Crippen molar-refractivity contribution in [1.29, 1.82) is 0 Å². The van der Waals surface area contributed by atoms with Gasteiger partial charge in [-0.05, 0) is 36.5 Å². The van der Waals surface area contributed by atoms with Crippen LogP contribution in [0.2, 0.25) is 0 Å². The Bertz CT molecular complexity index is 1340. The molecule has 0 aromatic heterocycles. The lowest BCUT2D eigenvalue weighted by atomic mass is 10.0. The van der Waals surface area contributed by atoms with Crippen LogP contribution in [-0.4, -0.2) is 70.9 Å². The lowest BCUT2D eigenvalue weighted by Crippen LogP contribution is -2.53. The molecule has 0 unspecified atom stereocenters. The fourth-order valence-corrected chi connectivity index (χ4v) is 3.62. The van der Waals surface area contributed by atoms with Gasteiger partial charge in [-0.2, -0.15) is 0 Å². The van der Waals surface area contributed by atoms with Crippen LogP contribution in [0.4, 0.5) is 16.2 Å². The maximum atomic E-state index is 12.9. The van der Waals surface area contributed by atoms with E-state index in [0.717, 1.165) is 12.5 Å². The molecule has 46 heavy (non-hydrogen) atoms. The molecule has 250 valence electrons. The molecule has 0 fully saturated rings. The third kappa shape index (κ3) is 16.2. The van der Waals surface area contributed by atoms with Gasteiger partial charge >= 0.3 is 6.09 Å². The number of nitrogens with one attached hydrogen (secondary N) is 4. The molecular weight excluding hydrogens is 604 g/mol. The number of hydrogen-bond acceptors (Lipinski definition) is 9. The second kappa shape index (κ2) is 20.3. The number of carboxylic acids is 1. The van der Waals surface area contributed by atoms with Crippen LogP contribution in [0.5, 0.6) is 0 Å². The van der Waals surface area contributed by atoms with E-state index in [1.165, 1.54) is 24.3 Å². The molecule has 2 atom stereocenters. The number of nitrogens with zero attached hydrogens (tertiary/aromatic N) is 2.